The number of hydrogen-bond donors (Lipinski definition) is 1. The monoisotopic (exact) mass is 419 g/mol. The molecule has 0 saturated carbocycles. The molecular weight excluding hydrogens is 398 g/mol. The number of halogens is 1. The van der Waals surface area contributed by atoms with E-state index >= 15 is 0 Å². The SMILES string of the molecule is COc1cccc(NC(=O)[C@H](C)OC(=O)/C=C/c2cc(Cl)c(OC)c(OC)c2)c1. The largest absolute Gasteiger partial charge is 0.497 e. The fourth-order valence-electron chi connectivity index (χ4n) is 2.41. The molecule has 0 saturated heterocycles. The van der Waals surface area contributed by atoms with Crippen LogP contribution in [0.4, 0.5) is 5.69 Å². The molecule has 1 amide bonds. The Morgan fingerprint density at radius 2 is 1.83 bits per heavy atom. The number of rotatable bonds is 8. The van der Waals surface area contributed by atoms with Gasteiger partial charge in [0, 0.05) is 17.8 Å². The molecule has 154 valence electrons. The van der Waals surface area contributed by atoms with Gasteiger partial charge in [0.25, 0.3) is 5.91 Å². The molecule has 0 aromatic heterocycles. The Bertz CT molecular complexity index is 912. The summed E-state index contributed by atoms with van der Waals surface area (Å²) in [5.41, 5.74) is 1.14. The third-order valence-electron chi connectivity index (χ3n) is 3.87. The predicted octanol–water partition coefficient (Wildman–Crippen LogP) is 3.95. The van der Waals surface area contributed by atoms with Gasteiger partial charge in [-0.1, -0.05) is 17.7 Å². The van der Waals surface area contributed by atoms with Crippen molar-refractivity contribution in [1.82, 2.24) is 0 Å². The summed E-state index contributed by atoms with van der Waals surface area (Å²) < 4.78 is 20.6. The lowest BCUT2D eigenvalue weighted by molar-refractivity contribution is -0.148. The molecular formula is C21H22ClNO6. The van der Waals surface area contributed by atoms with E-state index in [1.807, 2.05) is 0 Å². The first-order valence-electron chi connectivity index (χ1n) is 8.63. The van der Waals surface area contributed by atoms with Gasteiger partial charge in [-0.3, -0.25) is 4.79 Å². The summed E-state index contributed by atoms with van der Waals surface area (Å²) in [7, 11) is 4.50. The fourth-order valence-corrected chi connectivity index (χ4v) is 2.71. The number of amides is 1. The summed E-state index contributed by atoms with van der Waals surface area (Å²) >= 11 is 6.14. The quantitative estimate of drug-likeness (QED) is 0.515. The third-order valence-corrected chi connectivity index (χ3v) is 4.15. The summed E-state index contributed by atoms with van der Waals surface area (Å²) in [6.45, 7) is 1.48. The van der Waals surface area contributed by atoms with E-state index in [4.69, 9.17) is 30.5 Å². The number of carbonyl (C=O) groups excluding carboxylic acids is 2. The minimum absolute atomic E-state index is 0.339. The smallest absolute Gasteiger partial charge is 0.331 e. The van der Waals surface area contributed by atoms with Gasteiger partial charge in [0.1, 0.15) is 5.75 Å². The first-order chi connectivity index (χ1) is 13.9. The van der Waals surface area contributed by atoms with Crippen molar-refractivity contribution in [3.8, 4) is 17.2 Å². The molecule has 0 bridgehead atoms. The van der Waals surface area contributed by atoms with E-state index in [2.05, 4.69) is 5.32 Å². The van der Waals surface area contributed by atoms with E-state index in [0.717, 1.165) is 0 Å². The molecule has 0 aliphatic carbocycles. The maximum atomic E-state index is 12.2. The molecule has 0 spiro atoms. The van der Waals surface area contributed by atoms with Gasteiger partial charge in [-0.2, -0.15) is 0 Å². The van der Waals surface area contributed by atoms with Crippen molar-refractivity contribution in [2.75, 3.05) is 26.6 Å². The highest BCUT2D eigenvalue weighted by molar-refractivity contribution is 6.32. The number of benzene rings is 2. The topological polar surface area (TPSA) is 83.1 Å². The molecule has 7 nitrogen and oxygen atoms in total. The molecule has 8 heteroatoms. The van der Waals surface area contributed by atoms with E-state index in [1.165, 1.54) is 40.4 Å². The normalized spacial score (nSPS) is 11.6. The number of carbonyl (C=O) groups is 2. The Morgan fingerprint density at radius 3 is 2.48 bits per heavy atom. The maximum absolute atomic E-state index is 12.2. The van der Waals surface area contributed by atoms with Crippen LogP contribution in [-0.4, -0.2) is 39.3 Å². The van der Waals surface area contributed by atoms with Crippen molar-refractivity contribution >= 4 is 35.2 Å². The van der Waals surface area contributed by atoms with Crippen molar-refractivity contribution in [1.29, 1.82) is 0 Å². The molecule has 2 aromatic rings. The van der Waals surface area contributed by atoms with Gasteiger partial charge in [-0.05, 0) is 42.8 Å². The number of hydrogen-bond acceptors (Lipinski definition) is 6. The molecule has 29 heavy (non-hydrogen) atoms. The van der Waals surface area contributed by atoms with Gasteiger partial charge < -0.3 is 24.3 Å². The molecule has 0 radical (unpaired) electrons. The van der Waals surface area contributed by atoms with E-state index in [9.17, 15) is 9.59 Å². The molecule has 0 aliphatic rings. The summed E-state index contributed by atoms with van der Waals surface area (Å²) in [5, 5.41) is 3.00. The first-order valence-corrected chi connectivity index (χ1v) is 9.00. The Morgan fingerprint density at radius 1 is 1.07 bits per heavy atom. The van der Waals surface area contributed by atoms with Crippen LogP contribution in [0.25, 0.3) is 6.08 Å². The summed E-state index contributed by atoms with van der Waals surface area (Å²) in [5.74, 6) is 0.290. The second kappa shape index (κ2) is 10.4. The summed E-state index contributed by atoms with van der Waals surface area (Å²) in [4.78, 5) is 24.3. The molecule has 0 heterocycles. The highest BCUT2D eigenvalue weighted by Gasteiger charge is 2.17. The van der Waals surface area contributed by atoms with Gasteiger partial charge in [-0.15, -0.1) is 0 Å². The van der Waals surface area contributed by atoms with E-state index < -0.39 is 18.0 Å². The lowest BCUT2D eigenvalue weighted by atomic mass is 10.2. The van der Waals surface area contributed by atoms with Gasteiger partial charge >= 0.3 is 5.97 Å². The molecule has 1 N–H and O–H groups in total. The summed E-state index contributed by atoms with van der Waals surface area (Å²) in [6.07, 6.45) is 1.71. The lowest BCUT2D eigenvalue weighted by Crippen LogP contribution is -2.29. The van der Waals surface area contributed by atoms with Crippen LogP contribution in [0.1, 0.15) is 12.5 Å². The van der Waals surface area contributed by atoms with Crippen molar-refractivity contribution < 1.29 is 28.5 Å². The van der Waals surface area contributed by atoms with E-state index in [1.54, 1.807) is 36.4 Å². The molecule has 2 rings (SSSR count). The van der Waals surface area contributed by atoms with Gasteiger partial charge in [0.2, 0.25) is 0 Å². The molecule has 2 aromatic carbocycles. The fraction of sp³-hybridized carbons (Fsp3) is 0.238. The summed E-state index contributed by atoms with van der Waals surface area (Å²) in [6, 6.07) is 10.1. The van der Waals surface area contributed by atoms with Gasteiger partial charge in [0.15, 0.2) is 17.6 Å². The van der Waals surface area contributed by atoms with Crippen LogP contribution in [0.3, 0.4) is 0 Å². The van der Waals surface area contributed by atoms with Crippen LogP contribution in [0, 0.1) is 0 Å². The average Bonchev–Trinajstić information content (AvgIpc) is 2.71. The van der Waals surface area contributed by atoms with Crippen LogP contribution in [-0.2, 0) is 14.3 Å². The third kappa shape index (κ3) is 6.15. The Balaban J connectivity index is 1.98. The Labute approximate surface area is 174 Å². The average molecular weight is 420 g/mol. The van der Waals surface area contributed by atoms with Gasteiger partial charge in [0.05, 0.1) is 26.4 Å². The number of anilines is 1. The van der Waals surface area contributed by atoms with E-state index in [0.29, 0.717) is 33.5 Å². The Kier molecular flexibility index (Phi) is 7.91. The van der Waals surface area contributed by atoms with Crippen LogP contribution in [0.15, 0.2) is 42.5 Å². The van der Waals surface area contributed by atoms with Crippen LogP contribution in [0.2, 0.25) is 5.02 Å². The van der Waals surface area contributed by atoms with E-state index in [-0.39, 0.29) is 0 Å². The first kappa shape index (κ1) is 22.1. The number of ether oxygens (including phenoxy) is 4. The minimum Gasteiger partial charge on any atom is -0.497 e. The van der Waals surface area contributed by atoms with Crippen LogP contribution < -0.4 is 19.5 Å². The predicted molar refractivity (Wildman–Crippen MR) is 111 cm³/mol. The number of methoxy groups -OCH3 is 3. The number of nitrogens with one attached hydrogen (secondary N) is 1. The molecule has 0 aliphatic heterocycles. The second-order valence-electron chi connectivity index (χ2n) is 5.87. The van der Waals surface area contributed by atoms with Crippen molar-refractivity contribution in [3.05, 3.63) is 53.1 Å². The second-order valence-corrected chi connectivity index (χ2v) is 6.28. The lowest BCUT2D eigenvalue weighted by Gasteiger charge is -2.13. The van der Waals surface area contributed by atoms with Gasteiger partial charge in [-0.25, -0.2) is 4.79 Å². The standard InChI is InChI=1S/C21H22ClNO6/c1-13(21(25)23-15-6-5-7-16(12-15)26-2)29-19(24)9-8-14-10-17(22)20(28-4)18(11-14)27-3/h5-13H,1-4H3,(H,23,25)/b9-8+/t13-/m0/s1. The number of esters is 1. The minimum atomic E-state index is -0.993. The maximum Gasteiger partial charge on any atom is 0.331 e. The zero-order chi connectivity index (χ0) is 21.4. The zero-order valence-electron chi connectivity index (χ0n) is 16.5. The van der Waals surface area contributed by atoms with Crippen LogP contribution in [0.5, 0.6) is 17.2 Å². The molecule has 0 unspecified atom stereocenters. The highest BCUT2D eigenvalue weighted by Crippen LogP contribution is 2.36. The highest BCUT2D eigenvalue weighted by atomic mass is 35.5. The van der Waals surface area contributed by atoms with Crippen molar-refractivity contribution in [2.24, 2.45) is 0 Å². The zero-order valence-corrected chi connectivity index (χ0v) is 17.3. The van der Waals surface area contributed by atoms with Crippen LogP contribution >= 0.6 is 11.6 Å². The molecule has 0 fully saturated rings. The Hall–Kier alpha value is -3.19. The molecule has 1 atom stereocenters. The van der Waals surface area contributed by atoms with Crippen molar-refractivity contribution in [3.63, 3.8) is 0 Å². The van der Waals surface area contributed by atoms with Crippen molar-refractivity contribution in [2.45, 2.75) is 13.0 Å².